The number of benzene rings is 1. The van der Waals surface area contributed by atoms with E-state index in [2.05, 4.69) is 15.5 Å². The Morgan fingerprint density at radius 3 is 2.83 bits per heavy atom. The Bertz CT molecular complexity index is 524. The maximum Gasteiger partial charge on any atom is 0.292 e. The van der Waals surface area contributed by atoms with Crippen molar-refractivity contribution in [2.75, 3.05) is 7.05 Å². The first-order valence-electron chi connectivity index (χ1n) is 5.56. The smallest absolute Gasteiger partial charge is 0.292 e. The molecule has 2 aromatic rings. The summed E-state index contributed by atoms with van der Waals surface area (Å²) in [7, 11) is 1.50. The van der Waals surface area contributed by atoms with Crippen molar-refractivity contribution in [1.29, 1.82) is 0 Å². The highest BCUT2D eigenvalue weighted by atomic mass is 16.5. The topological polar surface area (TPSA) is 94.0 Å². The van der Waals surface area contributed by atoms with Crippen molar-refractivity contribution in [3.63, 3.8) is 0 Å². The summed E-state index contributed by atoms with van der Waals surface area (Å²) in [6, 6.07) is 9.33. The van der Waals surface area contributed by atoms with Gasteiger partial charge in [0, 0.05) is 7.05 Å². The number of carbonyl (C=O) groups excluding carboxylic acids is 1. The van der Waals surface area contributed by atoms with E-state index in [-0.39, 0.29) is 11.7 Å². The lowest BCUT2D eigenvalue weighted by molar-refractivity contribution is 0.0950. The second-order valence-corrected chi connectivity index (χ2v) is 3.83. The van der Waals surface area contributed by atoms with E-state index in [0.29, 0.717) is 6.42 Å². The summed E-state index contributed by atoms with van der Waals surface area (Å²) in [6.07, 6.45) is 0.580. The van der Waals surface area contributed by atoms with Crippen molar-refractivity contribution in [2.45, 2.75) is 12.5 Å². The summed E-state index contributed by atoms with van der Waals surface area (Å²) >= 11 is 0. The van der Waals surface area contributed by atoms with Crippen molar-refractivity contribution in [2.24, 2.45) is 5.73 Å². The van der Waals surface area contributed by atoms with Crippen LogP contribution in [0, 0.1) is 0 Å². The minimum Gasteiger partial charge on any atom is -0.352 e. The first-order valence-corrected chi connectivity index (χ1v) is 5.56. The lowest BCUT2D eigenvalue weighted by atomic mass is 10.1. The van der Waals surface area contributed by atoms with E-state index < -0.39 is 11.9 Å². The molecule has 1 atom stereocenters. The lowest BCUT2D eigenvalue weighted by Crippen LogP contribution is -2.20. The van der Waals surface area contributed by atoms with Crippen molar-refractivity contribution in [3.05, 3.63) is 47.6 Å². The van der Waals surface area contributed by atoms with E-state index in [1.807, 2.05) is 30.3 Å². The van der Waals surface area contributed by atoms with Gasteiger partial charge in [0.05, 0.1) is 6.04 Å². The van der Waals surface area contributed by atoms with Gasteiger partial charge in [-0.05, 0) is 12.0 Å². The molecule has 94 valence electrons. The number of amides is 1. The van der Waals surface area contributed by atoms with Crippen LogP contribution in [-0.2, 0) is 6.42 Å². The number of aromatic nitrogens is 2. The molecule has 0 saturated carbocycles. The largest absolute Gasteiger partial charge is 0.352 e. The van der Waals surface area contributed by atoms with Crippen LogP contribution in [-0.4, -0.2) is 23.1 Å². The number of nitrogens with zero attached hydrogens (tertiary/aromatic N) is 2. The highest BCUT2D eigenvalue weighted by molar-refractivity contribution is 5.89. The lowest BCUT2D eigenvalue weighted by Gasteiger charge is -2.05. The molecule has 3 N–H and O–H groups in total. The zero-order valence-corrected chi connectivity index (χ0v) is 9.96. The molecule has 0 spiro atoms. The van der Waals surface area contributed by atoms with Crippen LogP contribution in [0.15, 0.2) is 34.9 Å². The van der Waals surface area contributed by atoms with E-state index in [0.717, 1.165) is 5.56 Å². The first-order chi connectivity index (χ1) is 8.70. The van der Waals surface area contributed by atoms with Crippen molar-refractivity contribution in [3.8, 4) is 0 Å². The first kappa shape index (κ1) is 12.3. The molecule has 1 heterocycles. The van der Waals surface area contributed by atoms with Crippen LogP contribution in [0.2, 0.25) is 0 Å². The second kappa shape index (κ2) is 5.42. The van der Waals surface area contributed by atoms with Gasteiger partial charge in [0.25, 0.3) is 11.7 Å². The standard InChI is InChI=1S/C12H14N4O2/c1-14-11(17)10-15-12(18-16-10)9(13)7-8-5-3-2-4-6-8/h2-6,9H,7,13H2,1H3,(H,14,17). The van der Waals surface area contributed by atoms with Crippen LogP contribution in [0.1, 0.15) is 28.1 Å². The molecule has 6 heteroatoms. The van der Waals surface area contributed by atoms with Gasteiger partial charge in [-0.25, -0.2) is 0 Å². The van der Waals surface area contributed by atoms with Gasteiger partial charge in [-0.2, -0.15) is 4.98 Å². The Morgan fingerprint density at radius 2 is 2.17 bits per heavy atom. The quantitative estimate of drug-likeness (QED) is 0.827. The molecule has 2 rings (SSSR count). The third-order valence-electron chi connectivity index (χ3n) is 2.49. The van der Waals surface area contributed by atoms with Crippen molar-refractivity contribution < 1.29 is 9.32 Å². The molecule has 6 nitrogen and oxygen atoms in total. The molecular formula is C12H14N4O2. The summed E-state index contributed by atoms with van der Waals surface area (Å²) in [5.74, 6) is -0.134. The fraction of sp³-hybridized carbons (Fsp3) is 0.250. The van der Waals surface area contributed by atoms with Crippen molar-refractivity contribution in [1.82, 2.24) is 15.5 Å². The third-order valence-corrected chi connectivity index (χ3v) is 2.49. The van der Waals surface area contributed by atoms with Crippen LogP contribution in [0.5, 0.6) is 0 Å². The predicted molar refractivity (Wildman–Crippen MR) is 64.8 cm³/mol. The van der Waals surface area contributed by atoms with Gasteiger partial charge in [0.2, 0.25) is 5.89 Å². The molecule has 1 aromatic heterocycles. The Labute approximate surface area is 104 Å². The molecule has 0 saturated heterocycles. The summed E-state index contributed by atoms with van der Waals surface area (Å²) in [4.78, 5) is 15.2. The molecule has 0 aliphatic carbocycles. The molecule has 1 amide bonds. The van der Waals surface area contributed by atoms with Gasteiger partial charge in [-0.15, -0.1) is 0 Å². The molecule has 0 fully saturated rings. The third kappa shape index (κ3) is 2.72. The van der Waals surface area contributed by atoms with Gasteiger partial charge in [-0.1, -0.05) is 35.5 Å². The Morgan fingerprint density at radius 1 is 1.44 bits per heavy atom. The zero-order valence-electron chi connectivity index (χ0n) is 9.96. The summed E-state index contributed by atoms with van der Waals surface area (Å²) in [5, 5.41) is 5.99. The van der Waals surface area contributed by atoms with E-state index in [9.17, 15) is 4.79 Å². The van der Waals surface area contributed by atoms with Crippen LogP contribution in [0.4, 0.5) is 0 Å². The molecule has 1 aromatic carbocycles. The average molecular weight is 246 g/mol. The minimum atomic E-state index is -0.418. The molecule has 0 radical (unpaired) electrons. The highest BCUT2D eigenvalue weighted by Gasteiger charge is 2.18. The van der Waals surface area contributed by atoms with E-state index in [1.165, 1.54) is 7.05 Å². The minimum absolute atomic E-state index is 0.00369. The SMILES string of the molecule is CNC(=O)c1noc(C(N)Cc2ccccc2)n1. The number of hydrogen-bond donors (Lipinski definition) is 2. The number of rotatable bonds is 4. The summed E-state index contributed by atoms with van der Waals surface area (Å²) in [5.41, 5.74) is 7.03. The maximum absolute atomic E-state index is 11.3. The molecule has 0 bridgehead atoms. The van der Waals surface area contributed by atoms with E-state index in [1.54, 1.807) is 0 Å². The van der Waals surface area contributed by atoms with Crippen molar-refractivity contribution >= 4 is 5.91 Å². The monoisotopic (exact) mass is 246 g/mol. The molecule has 18 heavy (non-hydrogen) atoms. The molecule has 1 unspecified atom stereocenters. The van der Waals surface area contributed by atoms with Gasteiger partial charge < -0.3 is 15.6 Å². The molecular weight excluding hydrogens is 232 g/mol. The number of carbonyl (C=O) groups is 1. The zero-order chi connectivity index (χ0) is 13.0. The van der Waals surface area contributed by atoms with Crippen LogP contribution >= 0.6 is 0 Å². The number of nitrogens with two attached hydrogens (primary N) is 1. The predicted octanol–water partition coefficient (Wildman–Crippen LogP) is 0.672. The van der Waals surface area contributed by atoms with Crippen LogP contribution in [0.25, 0.3) is 0 Å². The average Bonchev–Trinajstić information content (AvgIpc) is 2.88. The van der Waals surface area contributed by atoms with Gasteiger partial charge >= 0.3 is 0 Å². The van der Waals surface area contributed by atoms with Gasteiger partial charge in [0.1, 0.15) is 0 Å². The second-order valence-electron chi connectivity index (χ2n) is 3.83. The van der Waals surface area contributed by atoms with E-state index >= 15 is 0 Å². The van der Waals surface area contributed by atoms with Crippen LogP contribution < -0.4 is 11.1 Å². The Hall–Kier alpha value is -2.21. The fourth-order valence-corrected chi connectivity index (χ4v) is 1.55. The number of nitrogens with one attached hydrogen (secondary N) is 1. The molecule has 0 aliphatic heterocycles. The van der Waals surface area contributed by atoms with Gasteiger partial charge in [-0.3, -0.25) is 4.79 Å². The summed E-state index contributed by atoms with van der Waals surface area (Å²) < 4.78 is 4.97. The Kier molecular flexibility index (Phi) is 3.69. The van der Waals surface area contributed by atoms with Gasteiger partial charge in [0.15, 0.2) is 0 Å². The van der Waals surface area contributed by atoms with E-state index in [4.69, 9.17) is 10.3 Å². The fourth-order valence-electron chi connectivity index (χ4n) is 1.55. The maximum atomic E-state index is 11.3. The number of hydrogen-bond acceptors (Lipinski definition) is 5. The van der Waals surface area contributed by atoms with Crippen LogP contribution in [0.3, 0.4) is 0 Å². The molecule has 0 aliphatic rings. The normalized spacial score (nSPS) is 12.1. The summed E-state index contributed by atoms with van der Waals surface area (Å²) in [6.45, 7) is 0. The Balaban J connectivity index is 2.07. The highest BCUT2D eigenvalue weighted by Crippen LogP contribution is 2.14.